The van der Waals surface area contributed by atoms with Crippen molar-refractivity contribution in [2.24, 2.45) is 0 Å². The number of fused-ring (bicyclic) bond motifs is 1. The van der Waals surface area contributed by atoms with Gasteiger partial charge in [-0.3, -0.25) is 4.79 Å². The average Bonchev–Trinajstić information content (AvgIpc) is 3.09. The summed E-state index contributed by atoms with van der Waals surface area (Å²) < 4.78 is 20.8. The zero-order valence-electron chi connectivity index (χ0n) is 14.2. The fraction of sp³-hybridized carbons (Fsp3) is 0.222. The minimum absolute atomic E-state index is 0.139. The molecule has 0 aromatic heterocycles. The minimum Gasteiger partial charge on any atom is -0.477 e. The maximum absolute atomic E-state index is 12.0. The summed E-state index contributed by atoms with van der Waals surface area (Å²) in [6.45, 7) is 1.16. The lowest BCUT2D eigenvalue weighted by atomic mass is 10.3. The first-order chi connectivity index (χ1) is 12.9. The molecule has 0 saturated carbocycles. The number of benzene rings is 2. The summed E-state index contributed by atoms with van der Waals surface area (Å²) in [7, 11) is 0. The van der Waals surface area contributed by atoms with Crippen LogP contribution in [0, 0.1) is 0 Å². The number of hydrogen-bond donors (Lipinski definition) is 1. The van der Waals surface area contributed by atoms with Crippen LogP contribution >= 0.6 is 23.2 Å². The fourth-order valence-corrected chi connectivity index (χ4v) is 2.69. The summed E-state index contributed by atoms with van der Waals surface area (Å²) in [4.78, 5) is 24.0. The second kappa shape index (κ2) is 8.37. The van der Waals surface area contributed by atoms with Crippen LogP contribution in [0.5, 0.6) is 17.2 Å². The second-order valence-corrected chi connectivity index (χ2v) is 6.40. The molecule has 7 nitrogen and oxygen atoms in total. The van der Waals surface area contributed by atoms with Gasteiger partial charge in [-0.25, -0.2) is 4.79 Å². The highest BCUT2D eigenvalue weighted by molar-refractivity contribution is 6.35. The molecule has 1 atom stereocenters. The van der Waals surface area contributed by atoms with E-state index in [1.165, 1.54) is 13.0 Å². The van der Waals surface area contributed by atoms with Crippen molar-refractivity contribution in [3.05, 3.63) is 46.4 Å². The zero-order valence-corrected chi connectivity index (χ0v) is 15.7. The molecule has 1 aliphatic heterocycles. The highest BCUT2D eigenvalue weighted by Crippen LogP contribution is 2.34. The van der Waals surface area contributed by atoms with Crippen LogP contribution in [0.4, 0.5) is 5.69 Å². The van der Waals surface area contributed by atoms with E-state index in [0.717, 1.165) is 0 Å². The molecule has 27 heavy (non-hydrogen) atoms. The van der Waals surface area contributed by atoms with Gasteiger partial charge >= 0.3 is 5.97 Å². The standard InChI is InChI=1S/C18H15Cl2NO6/c1-10(27-14-4-2-11(19)6-13(14)20)18(23)24-8-17(22)21-12-3-5-15-16(7-12)26-9-25-15/h2-7,10H,8-9H2,1H3,(H,21,22)/t10-/m0/s1. The third-order valence-electron chi connectivity index (χ3n) is 3.53. The van der Waals surface area contributed by atoms with E-state index in [9.17, 15) is 9.59 Å². The molecular weight excluding hydrogens is 397 g/mol. The molecule has 0 unspecified atom stereocenters. The first-order valence-corrected chi connectivity index (χ1v) is 8.66. The van der Waals surface area contributed by atoms with Gasteiger partial charge in [0.25, 0.3) is 5.91 Å². The Morgan fingerprint density at radius 3 is 2.70 bits per heavy atom. The summed E-state index contributed by atoms with van der Waals surface area (Å²) in [6, 6.07) is 9.57. The average molecular weight is 412 g/mol. The number of halogens is 2. The van der Waals surface area contributed by atoms with Crippen molar-refractivity contribution in [2.45, 2.75) is 13.0 Å². The number of esters is 1. The molecule has 3 rings (SSSR count). The molecule has 1 amide bonds. The Morgan fingerprint density at radius 2 is 1.93 bits per heavy atom. The lowest BCUT2D eigenvalue weighted by Gasteiger charge is -2.15. The number of amides is 1. The highest BCUT2D eigenvalue weighted by Gasteiger charge is 2.20. The van der Waals surface area contributed by atoms with Gasteiger partial charge in [0, 0.05) is 16.8 Å². The van der Waals surface area contributed by atoms with Crippen molar-refractivity contribution < 1.29 is 28.5 Å². The van der Waals surface area contributed by atoms with E-state index in [1.54, 1.807) is 30.3 Å². The van der Waals surface area contributed by atoms with Crippen LogP contribution < -0.4 is 19.5 Å². The predicted octanol–water partition coefficient (Wildman–Crippen LogP) is 3.67. The van der Waals surface area contributed by atoms with Crippen LogP contribution in [-0.2, 0) is 14.3 Å². The van der Waals surface area contributed by atoms with Crippen molar-refractivity contribution in [1.29, 1.82) is 0 Å². The summed E-state index contributed by atoms with van der Waals surface area (Å²) in [5.41, 5.74) is 0.498. The van der Waals surface area contributed by atoms with E-state index in [0.29, 0.717) is 22.2 Å². The van der Waals surface area contributed by atoms with Gasteiger partial charge in [-0.05, 0) is 37.3 Å². The van der Waals surface area contributed by atoms with Crippen LogP contribution in [0.3, 0.4) is 0 Å². The topological polar surface area (TPSA) is 83.1 Å². The van der Waals surface area contributed by atoms with Crippen LogP contribution in [-0.4, -0.2) is 31.4 Å². The molecule has 142 valence electrons. The van der Waals surface area contributed by atoms with E-state index >= 15 is 0 Å². The lowest BCUT2D eigenvalue weighted by molar-refractivity contribution is -0.153. The molecule has 2 aromatic carbocycles. The minimum atomic E-state index is -0.956. The summed E-state index contributed by atoms with van der Waals surface area (Å²) in [6.07, 6.45) is -0.956. The molecule has 1 N–H and O–H groups in total. The normalized spacial score (nSPS) is 13.0. The Hall–Kier alpha value is -2.64. The molecule has 0 saturated heterocycles. The molecular formula is C18H15Cl2NO6. The Kier molecular flexibility index (Phi) is 5.93. The fourth-order valence-electron chi connectivity index (χ4n) is 2.23. The number of rotatable bonds is 6. The number of ether oxygens (including phenoxy) is 4. The maximum Gasteiger partial charge on any atom is 0.347 e. The van der Waals surface area contributed by atoms with Gasteiger partial charge in [0.15, 0.2) is 24.2 Å². The van der Waals surface area contributed by atoms with Crippen molar-refractivity contribution in [2.75, 3.05) is 18.7 Å². The molecule has 0 radical (unpaired) electrons. The molecule has 0 spiro atoms. The Labute approximate surface area is 165 Å². The van der Waals surface area contributed by atoms with Crippen molar-refractivity contribution in [3.8, 4) is 17.2 Å². The predicted molar refractivity (Wildman–Crippen MR) is 98.7 cm³/mol. The Morgan fingerprint density at radius 1 is 1.15 bits per heavy atom. The van der Waals surface area contributed by atoms with Gasteiger partial charge < -0.3 is 24.3 Å². The number of hydrogen-bond acceptors (Lipinski definition) is 6. The molecule has 9 heteroatoms. The van der Waals surface area contributed by atoms with E-state index in [4.69, 9.17) is 42.1 Å². The summed E-state index contributed by atoms with van der Waals surface area (Å²) >= 11 is 11.8. The van der Waals surface area contributed by atoms with Gasteiger partial charge in [-0.1, -0.05) is 23.2 Å². The molecule has 0 bridgehead atoms. The molecule has 0 fully saturated rings. The van der Waals surface area contributed by atoms with Crippen LogP contribution in [0.2, 0.25) is 10.0 Å². The van der Waals surface area contributed by atoms with Gasteiger partial charge in [-0.15, -0.1) is 0 Å². The number of carbonyl (C=O) groups excluding carboxylic acids is 2. The summed E-state index contributed by atoms with van der Waals surface area (Å²) in [5, 5.41) is 3.32. The number of nitrogens with one attached hydrogen (secondary N) is 1. The highest BCUT2D eigenvalue weighted by atomic mass is 35.5. The van der Waals surface area contributed by atoms with Crippen LogP contribution in [0.1, 0.15) is 6.92 Å². The van der Waals surface area contributed by atoms with Crippen molar-refractivity contribution in [1.82, 2.24) is 0 Å². The Balaban J connectivity index is 1.48. The van der Waals surface area contributed by atoms with Crippen molar-refractivity contribution >= 4 is 40.8 Å². The first-order valence-electron chi connectivity index (χ1n) is 7.90. The maximum atomic E-state index is 12.0. The van der Waals surface area contributed by atoms with Gasteiger partial charge in [0.1, 0.15) is 5.75 Å². The van der Waals surface area contributed by atoms with E-state index in [1.807, 2.05) is 0 Å². The van der Waals surface area contributed by atoms with Gasteiger partial charge in [0.05, 0.1) is 5.02 Å². The SMILES string of the molecule is C[C@H](Oc1ccc(Cl)cc1Cl)C(=O)OCC(=O)Nc1ccc2c(c1)OCO2. The third-order valence-corrected chi connectivity index (χ3v) is 4.06. The third kappa shape index (κ3) is 4.96. The van der Waals surface area contributed by atoms with E-state index in [2.05, 4.69) is 5.32 Å². The van der Waals surface area contributed by atoms with Gasteiger partial charge in [-0.2, -0.15) is 0 Å². The first kappa shape index (κ1) is 19.1. The largest absolute Gasteiger partial charge is 0.477 e. The number of carbonyl (C=O) groups is 2. The zero-order chi connectivity index (χ0) is 19.4. The van der Waals surface area contributed by atoms with E-state index < -0.39 is 24.6 Å². The molecule has 2 aromatic rings. The quantitative estimate of drug-likeness (QED) is 0.730. The molecule has 0 aliphatic carbocycles. The van der Waals surface area contributed by atoms with E-state index in [-0.39, 0.29) is 17.6 Å². The summed E-state index contributed by atoms with van der Waals surface area (Å²) in [5.74, 6) is 0.217. The number of anilines is 1. The Bertz CT molecular complexity index is 873. The smallest absolute Gasteiger partial charge is 0.347 e. The lowest BCUT2D eigenvalue weighted by Crippen LogP contribution is -2.29. The monoisotopic (exact) mass is 411 g/mol. The van der Waals surface area contributed by atoms with Crippen molar-refractivity contribution in [3.63, 3.8) is 0 Å². The van der Waals surface area contributed by atoms with Gasteiger partial charge in [0.2, 0.25) is 6.79 Å². The second-order valence-electron chi connectivity index (χ2n) is 5.56. The van der Waals surface area contributed by atoms with Crippen LogP contribution in [0.15, 0.2) is 36.4 Å². The molecule has 1 heterocycles. The van der Waals surface area contributed by atoms with Crippen LogP contribution in [0.25, 0.3) is 0 Å². The molecule has 1 aliphatic rings.